The van der Waals surface area contributed by atoms with Gasteiger partial charge < -0.3 is 5.32 Å². The van der Waals surface area contributed by atoms with Crippen LogP contribution < -0.4 is 10.0 Å². The number of thiophene rings is 1. The normalized spacial score (nSPS) is 11.1. The Morgan fingerprint density at radius 1 is 1.33 bits per heavy atom. The van der Waals surface area contributed by atoms with Crippen LogP contribution in [-0.2, 0) is 10.0 Å². The molecule has 7 nitrogen and oxygen atoms in total. The summed E-state index contributed by atoms with van der Waals surface area (Å²) in [7, 11) is -2.33. The third kappa shape index (κ3) is 3.14. The van der Waals surface area contributed by atoms with Crippen molar-refractivity contribution in [2.24, 2.45) is 0 Å². The van der Waals surface area contributed by atoms with Gasteiger partial charge in [0.25, 0.3) is 15.7 Å². The minimum absolute atomic E-state index is 0.112. The van der Waals surface area contributed by atoms with Gasteiger partial charge in [0, 0.05) is 18.5 Å². The van der Waals surface area contributed by atoms with Crippen LogP contribution in [0.1, 0.15) is 5.56 Å². The number of nitro groups is 1. The molecule has 0 unspecified atom stereocenters. The van der Waals surface area contributed by atoms with Crippen LogP contribution in [0.4, 0.5) is 17.1 Å². The summed E-state index contributed by atoms with van der Waals surface area (Å²) >= 11 is 1.35. The van der Waals surface area contributed by atoms with E-state index in [-0.39, 0.29) is 16.3 Å². The largest absolute Gasteiger partial charge is 0.383 e. The van der Waals surface area contributed by atoms with Crippen molar-refractivity contribution in [2.75, 3.05) is 17.1 Å². The van der Waals surface area contributed by atoms with E-state index in [2.05, 4.69) is 10.0 Å². The Balaban J connectivity index is 2.52. The summed E-state index contributed by atoms with van der Waals surface area (Å²) in [6.07, 6.45) is 0. The molecule has 0 aliphatic rings. The van der Waals surface area contributed by atoms with Gasteiger partial charge in [0.05, 0.1) is 15.5 Å². The lowest BCUT2D eigenvalue weighted by molar-refractivity contribution is -0.384. The molecule has 0 saturated heterocycles. The number of benzene rings is 1. The number of hydrogen-bond acceptors (Lipinski definition) is 6. The van der Waals surface area contributed by atoms with E-state index in [1.54, 1.807) is 30.8 Å². The molecule has 2 rings (SSSR count). The molecule has 0 spiro atoms. The van der Waals surface area contributed by atoms with Crippen LogP contribution in [0.25, 0.3) is 0 Å². The van der Waals surface area contributed by atoms with Gasteiger partial charge in [-0.15, -0.1) is 0 Å². The molecule has 0 aliphatic carbocycles. The first-order chi connectivity index (χ1) is 9.85. The van der Waals surface area contributed by atoms with E-state index in [4.69, 9.17) is 0 Å². The monoisotopic (exact) mass is 327 g/mol. The van der Waals surface area contributed by atoms with Gasteiger partial charge in [0.1, 0.15) is 5.69 Å². The van der Waals surface area contributed by atoms with Crippen LogP contribution in [0.5, 0.6) is 0 Å². The molecule has 0 atom stereocenters. The van der Waals surface area contributed by atoms with Crippen molar-refractivity contribution in [1.29, 1.82) is 0 Å². The average molecular weight is 327 g/mol. The van der Waals surface area contributed by atoms with Crippen LogP contribution >= 0.6 is 11.3 Å². The Labute approximate surface area is 125 Å². The van der Waals surface area contributed by atoms with Gasteiger partial charge in [0.2, 0.25) is 0 Å². The predicted molar refractivity (Wildman–Crippen MR) is 82.5 cm³/mol. The van der Waals surface area contributed by atoms with Gasteiger partial charge in [-0.1, -0.05) is 0 Å². The Morgan fingerprint density at radius 3 is 2.57 bits per heavy atom. The summed E-state index contributed by atoms with van der Waals surface area (Å²) in [5.74, 6) is 0. The van der Waals surface area contributed by atoms with E-state index >= 15 is 0 Å². The molecule has 0 amide bonds. The predicted octanol–water partition coefficient (Wildman–Crippen LogP) is 2.81. The molecule has 2 aromatic rings. The van der Waals surface area contributed by atoms with E-state index in [1.165, 1.54) is 17.4 Å². The number of hydrogen-bond donors (Lipinski definition) is 2. The summed E-state index contributed by atoms with van der Waals surface area (Å²) < 4.78 is 27.1. The standard InChI is InChI=1S/C12H13N3O4S2/c1-8-5-10(13-2)11(15(16)17)6-12(8)21(18,19)14-9-3-4-20-7-9/h3-7,13-14H,1-2H3. The van der Waals surface area contributed by atoms with Crippen LogP contribution in [0.2, 0.25) is 0 Å². The molecule has 1 heterocycles. The third-order valence-electron chi connectivity index (χ3n) is 2.82. The Morgan fingerprint density at radius 2 is 2.05 bits per heavy atom. The highest BCUT2D eigenvalue weighted by Crippen LogP contribution is 2.31. The number of aryl methyl sites for hydroxylation is 1. The first kappa shape index (κ1) is 15.3. The van der Waals surface area contributed by atoms with Crippen molar-refractivity contribution < 1.29 is 13.3 Å². The second-order valence-corrected chi connectivity index (χ2v) is 6.69. The summed E-state index contributed by atoms with van der Waals surface area (Å²) in [6, 6.07) is 4.13. The molecule has 0 fully saturated rings. The lowest BCUT2D eigenvalue weighted by atomic mass is 10.2. The van der Waals surface area contributed by atoms with E-state index in [9.17, 15) is 18.5 Å². The summed E-state index contributed by atoms with van der Waals surface area (Å²) in [5, 5.41) is 17.1. The molecule has 0 bridgehead atoms. The Bertz CT molecular complexity index is 770. The van der Waals surface area contributed by atoms with Crippen LogP contribution in [0.3, 0.4) is 0 Å². The lowest BCUT2D eigenvalue weighted by Crippen LogP contribution is -2.14. The summed E-state index contributed by atoms with van der Waals surface area (Å²) in [5.41, 5.74) is 0.841. The first-order valence-corrected chi connectivity index (χ1v) is 8.29. The van der Waals surface area contributed by atoms with E-state index in [0.29, 0.717) is 11.3 Å². The highest BCUT2D eigenvalue weighted by Gasteiger charge is 2.24. The number of rotatable bonds is 5. The van der Waals surface area contributed by atoms with Crippen LogP contribution in [0, 0.1) is 17.0 Å². The molecule has 112 valence electrons. The quantitative estimate of drug-likeness (QED) is 0.649. The molecule has 2 N–H and O–H groups in total. The van der Waals surface area contributed by atoms with Gasteiger partial charge in [-0.3, -0.25) is 14.8 Å². The van der Waals surface area contributed by atoms with E-state index in [0.717, 1.165) is 6.07 Å². The minimum Gasteiger partial charge on any atom is -0.383 e. The lowest BCUT2D eigenvalue weighted by Gasteiger charge is -2.11. The van der Waals surface area contributed by atoms with Crippen molar-refractivity contribution in [2.45, 2.75) is 11.8 Å². The fraction of sp³-hybridized carbons (Fsp3) is 0.167. The number of anilines is 2. The molecular formula is C12H13N3O4S2. The molecule has 0 aliphatic heterocycles. The topological polar surface area (TPSA) is 101 Å². The first-order valence-electron chi connectivity index (χ1n) is 5.87. The zero-order valence-corrected chi connectivity index (χ0v) is 12.9. The minimum atomic E-state index is -3.87. The van der Waals surface area contributed by atoms with Crippen molar-refractivity contribution in [3.05, 3.63) is 44.6 Å². The van der Waals surface area contributed by atoms with Gasteiger partial charge in [-0.05, 0) is 30.0 Å². The number of sulfonamides is 1. The molecule has 9 heteroatoms. The molecule has 1 aromatic heterocycles. The Hall–Kier alpha value is -2.13. The van der Waals surface area contributed by atoms with E-state index < -0.39 is 14.9 Å². The molecular weight excluding hydrogens is 314 g/mol. The zero-order chi connectivity index (χ0) is 15.6. The van der Waals surface area contributed by atoms with Gasteiger partial charge in [-0.2, -0.15) is 11.3 Å². The van der Waals surface area contributed by atoms with Crippen molar-refractivity contribution in [3.8, 4) is 0 Å². The molecule has 21 heavy (non-hydrogen) atoms. The highest BCUT2D eigenvalue weighted by atomic mass is 32.2. The highest BCUT2D eigenvalue weighted by molar-refractivity contribution is 7.92. The van der Waals surface area contributed by atoms with Crippen LogP contribution in [-0.4, -0.2) is 20.4 Å². The summed E-state index contributed by atoms with van der Waals surface area (Å²) in [4.78, 5) is 10.3. The van der Waals surface area contributed by atoms with Crippen molar-refractivity contribution in [1.82, 2.24) is 0 Å². The molecule has 0 saturated carbocycles. The SMILES string of the molecule is CNc1cc(C)c(S(=O)(=O)Nc2ccsc2)cc1[N+](=O)[O-]. The maximum absolute atomic E-state index is 12.3. The smallest absolute Gasteiger partial charge is 0.293 e. The van der Waals surface area contributed by atoms with Gasteiger partial charge in [0.15, 0.2) is 0 Å². The van der Waals surface area contributed by atoms with E-state index in [1.807, 2.05) is 0 Å². The molecule has 1 aromatic carbocycles. The second-order valence-electron chi connectivity index (χ2n) is 4.26. The average Bonchev–Trinajstić information content (AvgIpc) is 2.89. The fourth-order valence-corrected chi connectivity index (χ4v) is 3.81. The maximum atomic E-state index is 12.3. The van der Waals surface area contributed by atoms with Crippen molar-refractivity contribution >= 4 is 38.4 Å². The van der Waals surface area contributed by atoms with Crippen molar-refractivity contribution in [3.63, 3.8) is 0 Å². The number of nitrogens with zero attached hydrogens (tertiary/aromatic N) is 1. The maximum Gasteiger partial charge on any atom is 0.293 e. The van der Waals surface area contributed by atoms with Crippen LogP contribution in [0.15, 0.2) is 33.9 Å². The van der Waals surface area contributed by atoms with Gasteiger partial charge in [-0.25, -0.2) is 8.42 Å². The second kappa shape index (κ2) is 5.70. The summed E-state index contributed by atoms with van der Waals surface area (Å²) in [6.45, 7) is 1.59. The number of nitro benzene ring substituents is 1. The fourth-order valence-electron chi connectivity index (χ4n) is 1.85. The zero-order valence-electron chi connectivity index (χ0n) is 11.3. The third-order valence-corrected chi connectivity index (χ3v) is 5.03. The molecule has 0 radical (unpaired) electrons. The van der Waals surface area contributed by atoms with Gasteiger partial charge >= 0.3 is 0 Å². The number of nitrogens with one attached hydrogen (secondary N) is 2. The Kier molecular flexibility index (Phi) is 4.14.